The van der Waals surface area contributed by atoms with Crippen molar-refractivity contribution in [1.29, 1.82) is 0 Å². The van der Waals surface area contributed by atoms with Crippen molar-refractivity contribution in [2.45, 2.75) is 64.8 Å². The Balaban J connectivity index is 1.61. The lowest BCUT2D eigenvalue weighted by Gasteiger charge is -2.40. The summed E-state index contributed by atoms with van der Waals surface area (Å²) in [6.07, 6.45) is 6.61. The molecule has 2 aliphatic heterocycles. The van der Waals surface area contributed by atoms with E-state index in [0.29, 0.717) is 23.3 Å². The van der Waals surface area contributed by atoms with Gasteiger partial charge in [-0.15, -0.1) is 10.2 Å². The molecule has 0 aromatic carbocycles. The van der Waals surface area contributed by atoms with Crippen molar-refractivity contribution in [3.63, 3.8) is 0 Å². The maximum Gasteiger partial charge on any atom is 0.227 e. The zero-order valence-electron chi connectivity index (χ0n) is 15.4. The lowest BCUT2D eigenvalue weighted by atomic mass is 9.80. The van der Waals surface area contributed by atoms with Gasteiger partial charge in [-0.25, -0.2) is 8.42 Å². The van der Waals surface area contributed by atoms with Crippen molar-refractivity contribution in [1.82, 2.24) is 14.8 Å². The van der Waals surface area contributed by atoms with E-state index in [1.54, 1.807) is 0 Å². The second kappa shape index (κ2) is 6.25. The molecule has 140 valence electrons. The Labute approximate surface area is 150 Å². The highest BCUT2D eigenvalue weighted by atomic mass is 32.2. The predicted molar refractivity (Wildman–Crippen MR) is 98.6 cm³/mol. The van der Waals surface area contributed by atoms with Gasteiger partial charge in [-0.05, 0) is 38.0 Å². The minimum Gasteiger partial charge on any atom is -0.340 e. The van der Waals surface area contributed by atoms with E-state index in [0.717, 1.165) is 50.7 Å². The van der Waals surface area contributed by atoms with Crippen LogP contribution in [0.2, 0.25) is 0 Å². The number of hydrogen-bond donors (Lipinski definition) is 0. The van der Waals surface area contributed by atoms with Crippen LogP contribution in [0.5, 0.6) is 0 Å². The molecule has 4 rings (SSSR count). The molecule has 1 atom stereocenters. The highest BCUT2D eigenvalue weighted by molar-refractivity contribution is 7.91. The Kier molecular flexibility index (Phi) is 4.33. The summed E-state index contributed by atoms with van der Waals surface area (Å²) < 4.78 is 26.4. The zero-order chi connectivity index (χ0) is 17.7. The van der Waals surface area contributed by atoms with E-state index in [2.05, 4.69) is 33.5 Å². The third kappa shape index (κ3) is 3.32. The van der Waals surface area contributed by atoms with E-state index in [1.807, 2.05) is 0 Å². The summed E-state index contributed by atoms with van der Waals surface area (Å²) in [6.45, 7) is 7.18. The van der Waals surface area contributed by atoms with Crippen LogP contribution in [0.4, 0.5) is 5.95 Å². The molecule has 1 saturated carbocycles. The van der Waals surface area contributed by atoms with Crippen LogP contribution < -0.4 is 4.90 Å². The Hall–Kier alpha value is -1.11. The molecule has 0 N–H and O–H groups in total. The lowest BCUT2D eigenvalue weighted by molar-refractivity contribution is 0.266. The first-order valence-corrected chi connectivity index (χ1v) is 11.6. The van der Waals surface area contributed by atoms with E-state index in [9.17, 15) is 8.42 Å². The van der Waals surface area contributed by atoms with Crippen LogP contribution in [0.1, 0.15) is 64.1 Å². The summed E-state index contributed by atoms with van der Waals surface area (Å²) in [6, 6.07) is 0. The molecule has 1 aliphatic carbocycles. The zero-order valence-corrected chi connectivity index (χ0v) is 16.3. The predicted octanol–water partition coefficient (Wildman–Crippen LogP) is 2.61. The molecule has 1 unspecified atom stereocenters. The molecular weight excluding hydrogens is 336 g/mol. The minimum absolute atomic E-state index is 0.0671. The minimum atomic E-state index is -2.86. The number of sulfone groups is 1. The van der Waals surface area contributed by atoms with Gasteiger partial charge in [0.05, 0.1) is 11.5 Å². The summed E-state index contributed by atoms with van der Waals surface area (Å²) in [5.41, 5.74) is -0.0671. The van der Waals surface area contributed by atoms with Crippen molar-refractivity contribution in [3.05, 3.63) is 5.82 Å². The fourth-order valence-corrected chi connectivity index (χ4v) is 6.93. The van der Waals surface area contributed by atoms with Crippen LogP contribution in [0.25, 0.3) is 0 Å². The third-order valence-electron chi connectivity index (χ3n) is 6.19. The van der Waals surface area contributed by atoms with E-state index in [1.165, 1.54) is 19.3 Å². The first-order chi connectivity index (χ1) is 11.9. The van der Waals surface area contributed by atoms with Gasteiger partial charge in [-0.3, -0.25) is 4.57 Å². The highest BCUT2D eigenvalue weighted by Crippen LogP contribution is 2.42. The largest absolute Gasteiger partial charge is 0.340 e. The summed E-state index contributed by atoms with van der Waals surface area (Å²) in [4.78, 5) is 2.32. The van der Waals surface area contributed by atoms with E-state index in [-0.39, 0.29) is 5.41 Å². The Bertz CT molecular complexity index is 738. The van der Waals surface area contributed by atoms with Gasteiger partial charge < -0.3 is 4.90 Å². The van der Waals surface area contributed by atoms with Gasteiger partial charge in [0.15, 0.2) is 9.84 Å². The van der Waals surface area contributed by atoms with Crippen LogP contribution >= 0.6 is 0 Å². The molecule has 25 heavy (non-hydrogen) atoms. The first kappa shape index (κ1) is 17.3. The first-order valence-electron chi connectivity index (χ1n) is 9.76. The maximum absolute atomic E-state index is 12.0. The molecule has 3 fully saturated rings. The average Bonchev–Trinajstić information content (AvgIpc) is 2.99. The SMILES string of the molecule is CC(C)Cn1c(C2CCC2)nnc1N1CCCC2(CCS(=O)(=O)C2)C1. The van der Waals surface area contributed by atoms with E-state index in [4.69, 9.17) is 0 Å². The van der Waals surface area contributed by atoms with Gasteiger partial charge in [-0.1, -0.05) is 20.3 Å². The van der Waals surface area contributed by atoms with Gasteiger partial charge in [0, 0.05) is 31.0 Å². The van der Waals surface area contributed by atoms with Crippen LogP contribution in [-0.4, -0.2) is 47.8 Å². The molecular formula is C18H30N4O2S. The van der Waals surface area contributed by atoms with Crippen molar-refractivity contribution >= 4 is 15.8 Å². The summed E-state index contributed by atoms with van der Waals surface area (Å²) in [7, 11) is -2.86. The molecule has 2 saturated heterocycles. The summed E-state index contributed by atoms with van der Waals surface area (Å²) >= 11 is 0. The lowest BCUT2D eigenvalue weighted by Crippen LogP contribution is -2.45. The van der Waals surface area contributed by atoms with Crippen molar-refractivity contribution in [3.8, 4) is 0 Å². The fraction of sp³-hybridized carbons (Fsp3) is 0.889. The standard InChI is InChI=1S/C18H30N4O2S/c1-14(2)11-22-16(15-5-3-6-15)19-20-17(22)21-9-4-7-18(12-21)8-10-25(23,24)13-18/h14-15H,3-13H2,1-2H3. The van der Waals surface area contributed by atoms with Crippen molar-refractivity contribution < 1.29 is 8.42 Å². The second-order valence-corrected chi connectivity index (χ2v) is 11.0. The Morgan fingerprint density at radius 3 is 2.60 bits per heavy atom. The highest BCUT2D eigenvalue weighted by Gasteiger charge is 2.45. The molecule has 3 aliphatic rings. The molecule has 3 heterocycles. The van der Waals surface area contributed by atoms with Crippen LogP contribution in [0, 0.1) is 11.3 Å². The number of nitrogens with zero attached hydrogens (tertiary/aromatic N) is 4. The number of aromatic nitrogens is 3. The number of piperidine rings is 1. The van der Waals surface area contributed by atoms with Gasteiger partial charge in [-0.2, -0.15) is 0 Å². The molecule has 6 nitrogen and oxygen atoms in total. The van der Waals surface area contributed by atoms with Gasteiger partial charge >= 0.3 is 0 Å². The fourth-order valence-electron chi connectivity index (χ4n) is 4.73. The van der Waals surface area contributed by atoms with E-state index < -0.39 is 9.84 Å². The molecule has 1 aromatic heterocycles. The maximum atomic E-state index is 12.0. The van der Waals surface area contributed by atoms with Gasteiger partial charge in [0.1, 0.15) is 5.82 Å². The summed E-state index contributed by atoms with van der Waals surface area (Å²) in [5.74, 6) is 3.93. The van der Waals surface area contributed by atoms with Crippen molar-refractivity contribution in [2.75, 3.05) is 29.5 Å². The molecule has 0 bridgehead atoms. The normalized spacial score (nSPS) is 29.5. The smallest absolute Gasteiger partial charge is 0.227 e. The average molecular weight is 367 g/mol. The van der Waals surface area contributed by atoms with Crippen LogP contribution in [0.3, 0.4) is 0 Å². The number of rotatable bonds is 4. The quantitative estimate of drug-likeness (QED) is 0.819. The monoisotopic (exact) mass is 366 g/mol. The summed E-state index contributed by atoms with van der Waals surface area (Å²) in [5, 5.41) is 9.14. The van der Waals surface area contributed by atoms with Crippen LogP contribution in [0.15, 0.2) is 0 Å². The molecule has 1 aromatic rings. The van der Waals surface area contributed by atoms with Gasteiger partial charge in [0.2, 0.25) is 5.95 Å². The molecule has 1 spiro atoms. The third-order valence-corrected chi connectivity index (χ3v) is 8.07. The van der Waals surface area contributed by atoms with Gasteiger partial charge in [0.25, 0.3) is 0 Å². The number of anilines is 1. The van der Waals surface area contributed by atoms with Crippen LogP contribution in [-0.2, 0) is 16.4 Å². The second-order valence-electron chi connectivity index (χ2n) is 8.86. The molecule has 7 heteroatoms. The topological polar surface area (TPSA) is 68.1 Å². The van der Waals surface area contributed by atoms with E-state index >= 15 is 0 Å². The Morgan fingerprint density at radius 2 is 2.00 bits per heavy atom. The Morgan fingerprint density at radius 1 is 1.20 bits per heavy atom. The van der Waals surface area contributed by atoms with Crippen molar-refractivity contribution in [2.24, 2.45) is 11.3 Å². The number of hydrogen-bond acceptors (Lipinski definition) is 5. The molecule has 0 amide bonds. The molecule has 0 radical (unpaired) electrons.